The number of carbonyl (C=O) groups excluding carboxylic acids is 1. The summed E-state index contributed by atoms with van der Waals surface area (Å²) >= 11 is 0. The summed E-state index contributed by atoms with van der Waals surface area (Å²) in [6.07, 6.45) is 2.31. The summed E-state index contributed by atoms with van der Waals surface area (Å²) in [6, 6.07) is 15.5. The molecule has 0 atom stereocenters. The van der Waals surface area contributed by atoms with Gasteiger partial charge in [0.05, 0.1) is 10.8 Å². The zero-order valence-corrected chi connectivity index (χ0v) is 13.9. The van der Waals surface area contributed by atoms with E-state index in [9.17, 15) is 9.70 Å². The SMILES string of the molecule is CC(=O)NCCc1cn(N=O)c2ccc(OCc3ccccc3)cc12. The lowest BCUT2D eigenvalue weighted by molar-refractivity contribution is -0.118. The van der Waals surface area contributed by atoms with Crippen molar-refractivity contribution in [2.75, 3.05) is 6.54 Å². The van der Waals surface area contributed by atoms with Crippen molar-refractivity contribution < 1.29 is 9.53 Å². The van der Waals surface area contributed by atoms with Crippen LogP contribution in [0.4, 0.5) is 0 Å². The van der Waals surface area contributed by atoms with Crippen LogP contribution >= 0.6 is 0 Å². The molecule has 6 heteroatoms. The third kappa shape index (κ3) is 4.03. The van der Waals surface area contributed by atoms with Crippen LogP contribution in [0.1, 0.15) is 18.1 Å². The third-order valence-corrected chi connectivity index (χ3v) is 3.94. The molecule has 1 aromatic heterocycles. The van der Waals surface area contributed by atoms with Gasteiger partial charge in [-0.2, -0.15) is 0 Å². The molecular formula is C19H19N3O3. The van der Waals surface area contributed by atoms with Crippen LogP contribution in [0.25, 0.3) is 10.9 Å². The fourth-order valence-corrected chi connectivity index (χ4v) is 2.73. The molecule has 0 aliphatic carbocycles. The van der Waals surface area contributed by atoms with E-state index in [1.165, 1.54) is 11.6 Å². The van der Waals surface area contributed by atoms with Crippen LogP contribution in [-0.4, -0.2) is 17.1 Å². The average Bonchev–Trinajstić information content (AvgIpc) is 2.98. The van der Waals surface area contributed by atoms with E-state index >= 15 is 0 Å². The molecule has 0 spiro atoms. The molecule has 0 unspecified atom stereocenters. The second kappa shape index (κ2) is 7.61. The largest absolute Gasteiger partial charge is 0.489 e. The lowest BCUT2D eigenvalue weighted by Crippen LogP contribution is -2.22. The number of ether oxygens (including phenoxy) is 1. The first kappa shape index (κ1) is 16.7. The Morgan fingerprint density at radius 1 is 1.20 bits per heavy atom. The smallest absolute Gasteiger partial charge is 0.216 e. The van der Waals surface area contributed by atoms with Crippen LogP contribution in [0.5, 0.6) is 5.75 Å². The molecule has 2 aromatic carbocycles. The molecule has 3 rings (SSSR count). The van der Waals surface area contributed by atoms with E-state index in [1.54, 1.807) is 6.20 Å². The molecule has 1 amide bonds. The molecule has 6 nitrogen and oxygen atoms in total. The number of hydrogen-bond acceptors (Lipinski definition) is 4. The molecule has 0 aliphatic rings. The van der Waals surface area contributed by atoms with Crippen molar-refractivity contribution >= 4 is 16.8 Å². The number of nitrogens with one attached hydrogen (secondary N) is 1. The Labute approximate surface area is 145 Å². The number of aromatic nitrogens is 1. The Morgan fingerprint density at radius 2 is 2.00 bits per heavy atom. The molecule has 0 bridgehead atoms. The Balaban J connectivity index is 1.81. The Bertz CT molecular complexity index is 888. The second-order valence-corrected chi connectivity index (χ2v) is 5.77. The Kier molecular flexibility index (Phi) is 5.09. The number of nitrogens with zero attached hydrogens (tertiary/aromatic N) is 2. The summed E-state index contributed by atoms with van der Waals surface area (Å²) in [7, 11) is 0. The first-order valence-corrected chi connectivity index (χ1v) is 8.06. The van der Waals surface area contributed by atoms with Gasteiger partial charge in [0.1, 0.15) is 12.4 Å². The van der Waals surface area contributed by atoms with E-state index in [-0.39, 0.29) is 5.91 Å². The molecule has 0 aliphatic heterocycles. The molecule has 0 saturated heterocycles. The van der Waals surface area contributed by atoms with E-state index in [1.807, 2.05) is 48.5 Å². The summed E-state index contributed by atoms with van der Waals surface area (Å²) in [5, 5.41) is 6.68. The Hall–Kier alpha value is -3.15. The predicted molar refractivity (Wildman–Crippen MR) is 96.3 cm³/mol. The molecule has 0 fully saturated rings. The number of benzene rings is 2. The maximum Gasteiger partial charge on any atom is 0.216 e. The van der Waals surface area contributed by atoms with Crippen molar-refractivity contribution in [2.24, 2.45) is 5.29 Å². The lowest BCUT2D eigenvalue weighted by Gasteiger charge is -2.07. The minimum atomic E-state index is -0.0795. The summed E-state index contributed by atoms with van der Waals surface area (Å²) in [5.74, 6) is 0.643. The van der Waals surface area contributed by atoms with E-state index in [2.05, 4.69) is 10.6 Å². The predicted octanol–water partition coefficient (Wildman–Crippen LogP) is 3.43. The first-order valence-electron chi connectivity index (χ1n) is 8.06. The first-order chi connectivity index (χ1) is 12.2. The lowest BCUT2D eigenvalue weighted by atomic mass is 10.1. The molecule has 0 radical (unpaired) electrons. The highest BCUT2D eigenvalue weighted by Gasteiger charge is 2.10. The highest BCUT2D eigenvalue weighted by molar-refractivity contribution is 5.85. The zero-order chi connectivity index (χ0) is 17.6. The van der Waals surface area contributed by atoms with Crippen LogP contribution in [-0.2, 0) is 17.8 Å². The van der Waals surface area contributed by atoms with Crippen LogP contribution in [0.3, 0.4) is 0 Å². The van der Waals surface area contributed by atoms with Crippen molar-refractivity contribution in [2.45, 2.75) is 20.0 Å². The fraction of sp³-hybridized carbons (Fsp3) is 0.211. The number of hydrogen-bond donors (Lipinski definition) is 1. The highest BCUT2D eigenvalue weighted by atomic mass is 16.5. The van der Waals surface area contributed by atoms with Gasteiger partial charge in [-0.25, -0.2) is 4.68 Å². The molecule has 128 valence electrons. The van der Waals surface area contributed by atoms with Crippen molar-refractivity contribution in [3.63, 3.8) is 0 Å². The van der Waals surface area contributed by atoms with Gasteiger partial charge < -0.3 is 10.1 Å². The van der Waals surface area contributed by atoms with Gasteiger partial charge in [-0.3, -0.25) is 4.79 Å². The fourth-order valence-electron chi connectivity index (χ4n) is 2.73. The van der Waals surface area contributed by atoms with Crippen LogP contribution in [0, 0.1) is 4.91 Å². The summed E-state index contributed by atoms with van der Waals surface area (Å²) < 4.78 is 7.16. The number of fused-ring (bicyclic) bond motifs is 1. The third-order valence-electron chi connectivity index (χ3n) is 3.94. The minimum absolute atomic E-state index is 0.0795. The summed E-state index contributed by atoms with van der Waals surface area (Å²) in [6.45, 7) is 2.45. The highest BCUT2D eigenvalue weighted by Crippen LogP contribution is 2.27. The quantitative estimate of drug-likeness (QED) is 0.671. The molecule has 0 saturated carbocycles. The van der Waals surface area contributed by atoms with Gasteiger partial charge in [0.2, 0.25) is 5.91 Å². The average molecular weight is 337 g/mol. The minimum Gasteiger partial charge on any atom is -0.489 e. The summed E-state index contributed by atoms with van der Waals surface area (Å²) in [4.78, 5) is 22.1. The molecule has 25 heavy (non-hydrogen) atoms. The van der Waals surface area contributed by atoms with Crippen LogP contribution in [0.2, 0.25) is 0 Å². The standard InChI is InChI=1S/C19H19N3O3/c1-14(23)20-10-9-16-12-22(21-24)19-8-7-17(11-18(16)19)25-13-15-5-3-2-4-6-15/h2-8,11-12H,9-10,13H2,1H3,(H,20,23). The van der Waals surface area contributed by atoms with E-state index < -0.39 is 0 Å². The number of amides is 1. The number of carbonyl (C=O) groups is 1. The van der Waals surface area contributed by atoms with Crippen LogP contribution in [0.15, 0.2) is 60.0 Å². The maximum atomic E-state index is 11.0. The normalized spacial score (nSPS) is 10.6. The van der Waals surface area contributed by atoms with Gasteiger partial charge >= 0.3 is 0 Å². The monoisotopic (exact) mass is 337 g/mol. The van der Waals surface area contributed by atoms with Crippen molar-refractivity contribution in [1.29, 1.82) is 0 Å². The summed E-state index contributed by atoms with van der Waals surface area (Å²) in [5.41, 5.74) is 2.74. The molecule has 3 aromatic rings. The number of rotatable bonds is 7. The van der Waals surface area contributed by atoms with Crippen molar-refractivity contribution in [3.05, 3.63) is 70.8 Å². The van der Waals surface area contributed by atoms with E-state index in [4.69, 9.17) is 4.74 Å². The van der Waals surface area contributed by atoms with Gasteiger partial charge in [-0.1, -0.05) is 30.3 Å². The molecule has 1 N–H and O–H groups in total. The topological polar surface area (TPSA) is 72.7 Å². The number of nitroso groups, excluding NO2 is 1. The zero-order valence-electron chi connectivity index (χ0n) is 13.9. The second-order valence-electron chi connectivity index (χ2n) is 5.77. The van der Waals surface area contributed by atoms with E-state index in [0.29, 0.717) is 19.6 Å². The van der Waals surface area contributed by atoms with Crippen molar-refractivity contribution in [3.8, 4) is 5.75 Å². The van der Waals surface area contributed by atoms with Gasteiger partial charge in [-0.05, 0) is 35.7 Å². The molecule has 1 heterocycles. The van der Waals surface area contributed by atoms with Crippen LogP contribution < -0.4 is 10.1 Å². The molecular weight excluding hydrogens is 318 g/mol. The Morgan fingerprint density at radius 3 is 2.72 bits per heavy atom. The maximum absolute atomic E-state index is 11.0. The van der Waals surface area contributed by atoms with Gasteiger partial charge in [-0.15, -0.1) is 4.91 Å². The van der Waals surface area contributed by atoms with E-state index in [0.717, 1.165) is 27.8 Å². The van der Waals surface area contributed by atoms with Crippen molar-refractivity contribution in [1.82, 2.24) is 9.99 Å². The van der Waals surface area contributed by atoms with Gasteiger partial charge in [0, 0.05) is 25.1 Å². The van der Waals surface area contributed by atoms with Gasteiger partial charge in [0.25, 0.3) is 0 Å². The van der Waals surface area contributed by atoms with Gasteiger partial charge in [0.15, 0.2) is 0 Å².